The van der Waals surface area contributed by atoms with Gasteiger partial charge in [-0.25, -0.2) is 0 Å². The van der Waals surface area contributed by atoms with Gasteiger partial charge in [0.1, 0.15) is 0 Å². The second kappa shape index (κ2) is 37.2. The van der Waals surface area contributed by atoms with Crippen molar-refractivity contribution in [3.63, 3.8) is 0 Å². The zero-order valence-corrected chi connectivity index (χ0v) is 24.4. The van der Waals surface area contributed by atoms with E-state index in [1.165, 1.54) is 0 Å². The van der Waals surface area contributed by atoms with Crippen molar-refractivity contribution in [3.8, 4) is 0 Å². The van der Waals surface area contributed by atoms with Crippen molar-refractivity contribution in [2.24, 2.45) is 0 Å². The monoisotopic (exact) mass is 598 g/mol. The van der Waals surface area contributed by atoms with E-state index in [1.807, 2.05) is 0 Å². The van der Waals surface area contributed by atoms with Crippen molar-refractivity contribution < 1.29 is 73.8 Å². The van der Waals surface area contributed by atoms with Gasteiger partial charge in [-0.1, -0.05) is 0 Å². The molecule has 0 spiro atoms. The molecular weight excluding hydrogens is 561 g/mol. The molecule has 12 nitrogen and oxygen atoms in total. The molecule has 0 bridgehead atoms. The topological polar surface area (TPSA) is 111 Å². The molecule has 0 aromatic carbocycles. The van der Waals surface area contributed by atoms with Gasteiger partial charge in [-0.15, -0.1) is 0 Å². The molecule has 0 saturated carbocycles. The molecule has 0 aliphatic carbocycles. The fourth-order valence-electron chi connectivity index (χ4n) is 0.894. The Labute approximate surface area is 193 Å². The molecule has 0 aromatic heterocycles. The van der Waals surface area contributed by atoms with Gasteiger partial charge < -0.3 is 54.3 Å². The van der Waals surface area contributed by atoms with Crippen LogP contribution in [-0.4, -0.2) is 85.3 Å². The molecule has 0 aliphatic rings. The van der Waals surface area contributed by atoms with E-state index >= 15 is 0 Å². The molecule has 0 radical (unpaired) electrons. The molecule has 0 atom stereocenters. The van der Waals surface area contributed by atoms with E-state index in [0.717, 1.165) is 0 Å². The predicted molar refractivity (Wildman–Crippen MR) is 112 cm³/mol. The largest absolute Gasteiger partial charge is 0.331 e. The molecule has 0 aliphatic heterocycles. The number of rotatable bonds is 12. The van der Waals surface area contributed by atoms with Gasteiger partial charge in [0.15, 0.2) is 0 Å². The maximum Gasteiger partial charge on any atom is 0.331 e. The summed E-state index contributed by atoms with van der Waals surface area (Å²) in [6, 6.07) is 0. The molecule has 184 valence electrons. The van der Waals surface area contributed by atoms with E-state index in [9.17, 15) is 0 Å². The quantitative estimate of drug-likeness (QED) is 0.232. The minimum Gasteiger partial charge on any atom is -0.316 e. The Morgan fingerprint density at radius 1 is 0.241 bits per heavy atom. The van der Waals surface area contributed by atoms with E-state index in [-0.39, 0.29) is 19.5 Å². The average molecular weight is 597 g/mol. The second-order valence-corrected chi connectivity index (χ2v) is 9.26. The molecule has 0 fully saturated rings. The van der Waals surface area contributed by atoms with Gasteiger partial charge in [-0.3, -0.25) is 0 Å². The Kier molecular flexibility index (Phi) is 52.8. The molecular formula is C12H36O12P4Ru. The summed E-state index contributed by atoms with van der Waals surface area (Å²) in [7, 11) is 14.3. The van der Waals surface area contributed by atoms with Crippen molar-refractivity contribution in [2.45, 2.75) is 0 Å². The summed E-state index contributed by atoms with van der Waals surface area (Å²) in [5.41, 5.74) is 0. The van der Waals surface area contributed by atoms with E-state index < -0.39 is 34.4 Å². The van der Waals surface area contributed by atoms with E-state index in [2.05, 4.69) is 54.3 Å². The first-order valence-electron chi connectivity index (χ1n) is 7.09. The molecule has 0 unspecified atom stereocenters. The fraction of sp³-hybridized carbons (Fsp3) is 1.00. The van der Waals surface area contributed by atoms with Crippen LogP contribution in [0.25, 0.3) is 0 Å². The van der Waals surface area contributed by atoms with Gasteiger partial charge in [-0.2, -0.15) is 0 Å². The Morgan fingerprint density at radius 2 is 0.310 bits per heavy atom. The summed E-state index contributed by atoms with van der Waals surface area (Å²) in [6.07, 6.45) is 0. The average Bonchev–Trinajstić information content (AvgIpc) is 2.75. The Balaban J connectivity index is -0.0000000873. The molecule has 17 heteroatoms. The van der Waals surface area contributed by atoms with Crippen LogP contribution in [-0.2, 0) is 73.8 Å². The second-order valence-electron chi connectivity index (χ2n) is 3.09. The molecule has 29 heavy (non-hydrogen) atoms. The summed E-state index contributed by atoms with van der Waals surface area (Å²) >= 11 is 0. The van der Waals surface area contributed by atoms with Crippen LogP contribution >= 0.6 is 34.4 Å². The van der Waals surface area contributed by atoms with Gasteiger partial charge in [-0.05, 0) is 0 Å². The van der Waals surface area contributed by atoms with Gasteiger partial charge in [0.05, 0.1) is 0 Å². The molecule has 0 aromatic rings. The van der Waals surface area contributed by atoms with Gasteiger partial charge in [0, 0.05) is 105 Å². The number of hydrogen-bond acceptors (Lipinski definition) is 12. The van der Waals surface area contributed by atoms with Crippen molar-refractivity contribution in [2.75, 3.05) is 85.3 Å². The first-order chi connectivity index (χ1) is 13.4. The molecule has 0 heterocycles. The predicted octanol–water partition coefficient (Wildman–Crippen LogP) is 4.61. The van der Waals surface area contributed by atoms with Crippen LogP contribution in [0.4, 0.5) is 0 Å². The summed E-state index contributed by atoms with van der Waals surface area (Å²) < 4.78 is 56.0. The maximum absolute atomic E-state index is 4.67. The van der Waals surface area contributed by atoms with E-state index in [4.69, 9.17) is 0 Å². The normalized spacial score (nSPS) is 9.93. The SMILES string of the molecule is COP(OC)OC.COP(OC)OC.COP(OC)OC.COP(OC)OC.[Ru]. The first kappa shape index (κ1) is 41.1. The van der Waals surface area contributed by atoms with Crippen LogP contribution in [0.2, 0.25) is 0 Å². The van der Waals surface area contributed by atoms with Crippen LogP contribution in [0.15, 0.2) is 0 Å². The minimum absolute atomic E-state index is 0. The van der Waals surface area contributed by atoms with Crippen molar-refractivity contribution >= 4 is 34.4 Å². The third-order valence-corrected chi connectivity index (χ3v) is 5.37. The van der Waals surface area contributed by atoms with E-state index in [0.29, 0.717) is 0 Å². The molecule has 0 saturated heterocycles. The summed E-state index contributed by atoms with van der Waals surface area (Å²) in [5.74, 6) is 0. The summed E-state index contributed by atoms with van der Waals surface area (Å²) in [5, 5.41) is 0. The van der Waals surface area contributed by atoms with Crippen molar-refractivity contribution in [3.05, 3.63) is 0 Å². The zero-order valence-electron chi connectivity index (χ0n) is 19.0. The van der Waals surface area contributed by atoms with Gasteiger partial charge >= 0.3 is 34.4 Å². The van der Waals surface area contributed by atoms with E-state index in [1.54, 1.807) is 85.3 Å². The zero-order chi connectivity index (χ0) is 22.8. The third-order valence-electron chi connectivity index (χ3n) is 1.79. The van der Waals surface area contributed by atoms with Gasteiger partial charge in [0.25, 0.3) is 0 Å². The molecule has 0 amide bonds. The Hall–Kier alpha value is 1.86. The maximum atomic E-state index is 4.67. The molecule has 0 N–H and O–H groups in total. The van der Waals surface area contributed by atoms with Gasteiger partial charge in [0.2, 0.25) is 0 Å². The number of hydrogen-bond donors (Lipinski definition) is 0. The first-order valence-corrected chi connectivity index (χ1v) is 11.5. The van der Waals surface area contributed by atoms with Crippen molar-refractivity contribution in [1.29, 1.82) is 0 Å². The minimum atomic E-state index is -1.05. The van der Waals surface area contributed by atoms with Crippen LogP contribution in [0, 0.1) is 0 Å². The van der Waals surface area contributed by atoms with Crippen LogP contribution < -0.4 is 0 Å². The summed E-state index contributed by atoms with van der Waals surface area (Å²) in [6.45, 7) is 0. The summed E-state index contributed by atoms with van der Waals surface area (Å²) in [4.78, 5) is 0. The van der Waals surface area contributed by atoms with Crippen LogP contribution in [0.3, 0.4) is 0 Å². The fourth-order valence-corrected chi connectivity index (χ4v) is 2.68. The Morgan fingerprint density at radius 3 is 0.310 bits per heavy atom. The standard InChI is InChI=1S/4C3H9O3P.Ru/c4*1-4-7(5-2)6-3;/h4*1-3H3;. The molecule has 0 rings (SSSR count). The van der Waals surface area contributed by atoms with Crippen LogP contribution in [0.1, 0.15) is 0 Å². The van der Waals surface area contributed by atoms with Crippen molar-refractivity contribution in [1.82, 2.24) is 0 Å². The van der Waals surface area contributed by atoms with Crippen LogP contribution in [0.5, 0.6) is 0 Å². The smallest absolute Gasteiger partial charge is 0.316 e. The Bertz CT molecular complexity index is 181. The third kappa shape index (κ3) is 34.7.